The van der Waals surface area contributed by atoms with Crippen molar-refractivity contribution in [3.8, 4) is 0 Å². The Balaban J connectivity index is 2.17. The monoisotopic (exact) mass is 245 g/mol. The van der Waals surface area contributed by atoms with Crippen molar-refractivity contribution in [1.82, 2.24) is 15.2 Å². The summed E-state index contributed by atoms with van der Waals surface area (Å²) in [6.07, 6.45) is 4.82. The zero-order valence-corrected chi connectivity index (χ0v) is 10.2. The number of rotatable bonds is 5. The summed E-state index contributed by atoms with van der Waals surface area (Å²) in [5.74, 6) is -0.791. The van der Waals surface area contributed by atoms with Gasteiger partial charge in [0.1, 0.15) is 0 Å². The van der Waals surface area contributed by atoms with Gasteiger partial charge in [-0.2, -0.15) is 5.10 Å². The average Bonchev–Trinajstić information content (AvgIpc) is 2.74. The van der Waals surface area contributed by atoms with Gasteiger partial charge >= 0.3 is 5.97 Å². The first kappa shape index (κ1) is 12.3. The molecular weight excluding hydrogens is 230 g/mol. The van der Waals surface area contributed by atoms with Crippen molar-refractivity contribution in [2.45, 2.75) is 26.2 Å². The Bertz CT molecular complexity index is 549. The van der Waals surface area contributed by atoms with Crippen LogP contribution in [0.5, 0.6) is 0 Å². The molecule has 18 heavy (non-hydrogen) atoms. The zero-order valence-electron chi connectivity index (χ0n) is 10.2. The van der Waals surface area contributed by atoms with Gasteiger partial charge in [0.15, 0.2) is 0 Å². The van der Waals surface area contributed by atoms with Crippen LogP contribution in [0.1, 0.15) is 28.9 Å². The Morgan fingerprint density at radius 2 is 2.28 bits per heavy atom. The van der Waals surface area contributed by atoms with E-state index in [0.717, 1.165) is 22.5 Å². The number of aromatic amines is 1. The molecule has 2 heterocycles. The molecule has 5 nitrogen and oxygen atoms in total. The number of carboxylic acid groups (broad SMARTS) is 1. The third-order valence-electron chi connectivity index (χ3n) is 2.86. The van der Waals surface area contributed by atoms with Gasteiger partial charge in [-0.05, 0) is 30.5 Å². The standard InChI is InChI=1S/C13H15N3O2/c1-9-8-15-16-11(9)7-12-10(3-2-6-14-12)4-5-13(17)18/h2-3,6,8H,4-5,7H2,1H3,(H,15,16)(H,17,18). The molecule has 2 aromatic heterocycles. The van der Waals surface area contributed by atoms with Crippen molar-refractivity contribution in [1.29, 1.82) is 0 Å². The van der Waals surface area contributed by atoms with Crippen molar-refractivity contribution >= 4 is 5.97 Å². The quantitative estimate of drug-likeness (QED) is 0.840. The molecular formula is C13H15N3O2. The van der Waals surface area contributed by atoms with Crippen LogP contribution in [0.25, 0.3) is 0 Å². The number of carbonyl (C=O) groups is 1. The van der Waals surface area contributed by atoms with E-state index in [4.69, 9.17) is 5.11 Å². The highest BCUT2D eigenvalue weighted by molar-refractivity contribution is 5.67. The van der Waals surface area contributed by atoms with E-state index < -0.39 is 5.97 Å². The highest BCUT2D eigenvalue weighted by Crippen LogP contribution is 2.14. The van der Waals surface area contributed by atoms with E-state index >= 15 is 0 Å². The Morgan fingerprint density at radius 1 is 1.44 bits per heavy atom. The van der Waals surface area contributed by atoms with E-state index in [-0.39, 0.29) is 6.42 Å². The predicted octanol–water partition coefficient (Wildman–Crippen LogP) is 1.72. The van der Waals surface area contributed by atoms with Crippen LogP contribution < -0.4 is 0 Å². The van der Waals surface area contributed by atoms with E-state index in [1.807, 2.05) is 25.3 Å². The average molecular weight is 245 g/mol. The summed E-state index contributed by atoms with van der Waals surface area (Å²) in [5, 5.41) is 15.7. The molecule has 0 saturated carbocycles. The van der Waals surface area contributed by atoms with Gasteiger partial charge in [0.25, 0.3) is 0 Å². The molecule has 2 rings (SSSR count). The third-order valence-corrected chi connectivity index (χ3v) is 2.86. The first-order valence-corrected chi connectivity index (χ1v) is 5.80. The van der Waals surface area contributed by atoms with Crippen LogP contribution in [0.2, 0.25) is 0 Å². The molecule has 5 heteroatoms. The molecule has 0 amide bonds. The minimum atomic E-state index is -0.791. The topological polar surface area (TPSA) is 78.9 Å². The van der Waals surface area contributed by atoms with Gasteiger partial charge < -0.3 is 5.11 Å². The van der Waals surface area contributed by atoms with E-state index in [2.05, 4.69) is 15.2 Å². The van der Waals surface area contributed by atoms with Crippen molar-refractivity contribution in [2.24, 2.45) is 0 Å². The maximum absolute atomic E-state index is 10.6. The number of pyridine rings is 1. The number of carboxylic acids is 1. The van der Waals surface area contributed by atoms with Crippen LogP contribution in [-0.2, 0) is 17.6 Å². The molecule has 0 unspecified atom stereocenters. The molecule has 0 atom stereocenters. The predicted molar refractivity (Wildman–Crippen MR) is 66.3 cm³/mol. The molecule has 0 fully saturated rings. The maximum Gasteiger partial charge on any atom is 0.303 e. The van der Waals surface area contributed by atoms with Crippen molar-refractivity contribution < 1.29 is 9.90 Å². The maximum atomic E-state index is 10.6. The number of aryl methyl sites for hydroxylation is 2. The minimum Gasteiger partial charge on any atom is -0.481 e. The van der Waals surface area contributed by atoms with Gasteiger partial charge in [0, 0.05) is 30.9 Å². The summed E-state index contributed by atoms with van der Waals surface area (Å²) in [6.45, 7) is 1.98. The lowest BCUT2D eigenvalue weighted by Gasteiger charge is -2.06. The Morgan fingerprint density at radius 3 is 2.94 bits per heavy atom. The third kappa shape index (κ3) is 2.94. The summed E-state index contributed by atoms with van der Waals surface area (Å²) in [4.78, 5) is 14.9. The lowest BCUT2D eigenvalue weighted by molar-refractivity contribution is -0.136. The van der Waals surface area contributed by atoms with Crippen molar-refractivity contribution in [3.63, 3.8) is 0 Å². The first-order valence-electron chi connectivity index (χ1n) is 5.80. The molecule has 0 saturated heterocycles. The Hall–Kier alpha value is -2.17. The molecule has 0 bridgehead atoms. The smallest absolute Gasteiger partial charge is 0.303 e. The van der Waals surface area contributed by atoms with Gasteiger partial charge in [-0.1, -0.05) is 6.07 Å². The molecule has 0 aliphatic rings. The van der Waals surface area contributed by atoms with Gasteiger partial charge in [-0.3, -0.25) is 14.9 Å². The van der Waals surface area contributed by atoms with Crippen molar-refractivity contribution in [3.05, 3.63) is 47.0 Å². The van der Waals surface area contributed by atoms with Gasteiger partial charge in [-0.25, -0.2) is 0 Å². The Kier molecular flexibility index (Phi) is 3.72. The Labute approximate surface area is 105 Å². The second kappa shape index (κ2) is 5.44. The van der Waals surface area contributed by atoms with E-state index in [0.29, 0.717) is 12.8 Å². The molecule has 0 aliphatic heterocycles. The second-order valence-electron chi connectivity index (χ2n) is 4.19. The van der Waals surface area contributed by atoms with Gasteiger partial charge in [0.05, 0.1) is 5.69 Å². The molecule has 2 N–H and O–H groups in total. The molecule has 0 spiro atoms. The summed E-state index contributed by atoms with van der Waals surface area (Å²) >= 11 is 0. The summed E-state index contributed by atoms with van der Waals surface area (Å²) in [7, 11) is 0. The van der Waals surface area contributed by atoms with Crippen molar-refractivity contribution in [2.75, 3.05) is 0 Å². The van der Waals surface area contributed by atoms with E-state index in [1.165, 1.54) is 0 Å². The highest BCUT2D eigenvalue weighted by atomic mass is 16.4. The molecule has 0 aliphatic carbocycles. The van der Waals surface area contributed by atoms with E-state index in [9.17, 15) is 4.79 Å². The fourth-order valence-electron chi connectivity index (χ4n) is 1.82. The minimum absolute atomic E-state index is 0.123. The van der Waals surface area contributed by atoms with Crippen LogP contribution in [-0.4, -0.2) is 26.3 Å². The zero-order chi connectivity index (χ0) is 13.0. The lowest BCUT2D eigenvalue weighted by Crippen LogP contribution is -2.03. The number of hydrogen-bond acceptors (Lipinski definition) is 3. The number of nitrogens with one attached hydrogen (secondary N) is 1. The molecule has 0 radical (unpaired) electrons. The molecule has 94 valence electrons. The SMILES string of the molecule is Cc1c[nH]nc1Cc1ncccc1CCC(=O)O. The lowest BCUT2D eigenvalue weighted by atomic mass is 10.0. The van der Waals surface area contributed by atoms with E-state index in [1.54, 1.807) is 6.20 Å². The fourth-order valence-corrected chi connectivity index (χ4v) is 1.82. The first-order chi connectivity index (χ1) is 8.66. The largest absolute Gasteiger partial charge is 0.481 e. The fraction of sp³-hybridized carbons (Fsp3) is 0.308. The van der Waals surface area contributed by atoms with Crippen LogP contribution in [0.4, 0.5) is 0 Å². The number of aliphatic carboxylic acids is 1. The number of H-pyrrole nitrogens is 1. The summed E-state index contributed by atoms with van der Waals surface area (Å²) in [6, 6.07) is 3.76. The second-order valence-corrected chi connectivity index (χ2v) is 4.19. The van der Waals surface area contributed by atoms with Crippen LogP contribution in [0.3, 0.4) is 0 Å². The molecule has 2 aromatic rings. The highest BCUT2D eigenvalue weighted by Gasteiger charge is 2.09. The number of hydrogen-bond donors (Lipinski definition) is 2. The van der Waals surface area contributed by atoms with Gasteiger partial charge in [0.2, 0.25) is 0 Å². The van der Waals surface area contributed by atoms with Crippen LogP contribution >= 0.6 is 0 Å². The molecule has 0 aromatic carbocycles. The van der Waals surface area contributed by atoms with Crippen LogP contribution in [0, 0.1) is 6.92 Å². The number of aromatic nitrogens is 3. The summed E-state index contributed by atoms with van der Waals surface area (Å²) in [5.41, 5.74) is 3.91. The normalized spacial score (nSPS) is 10.5. The number of nitrogens with zero attached hydrogens (tertiary/aromatic N) is 2. The summed E-state index contributed by atoms with van der Waals surface area (Å²) < 4.78 is 0. The van der Waals surface area contributed by atoms with Crippen LogP contribution in [0.15, 0.2) is 24.5 Å². The van der Waals surface area contributed by atoms with Gasteiger partial charge in [-0.15, -0.1) is 0 Å².